The fraction of sp³-hybridized carbons (Fsp3) is 0.500. The molecule has 0 bridgehead atoms. The van der Waals surface area contributed by atoms with Crippen molar-refractivity contribution in [3.63, 3.8) is 0 Å². The lowest BCUT2D eigenvalue weighted by Crippen LogP contribution is -2.12. The third kappa shape index (κ3) is 2.96. The Kier molecular flexibility index (Phi) is 2.92. The van der Waals surface area contributed by atoms with Crippen LogP contribution in [0.3, 0.4) is 0 Å². The molecule has 0 atom stereocenters. The molecular formula is C4H9N3. The van der Waals surface area contributed by atoms with Crippen molar-refractivity contribution >= 4 is 12.6 Å². The van der Waals surface area contributed by atoms with E-state index in [1.807, 2.05) is 6.92 Å². The Morgan fingerprint density at radius 3 is 2.43 bits per heavy atom. The second-order valence-electron chi connectivity index (χ2n) is 1.08. The van der Waals surface area contributed by atoms with Crippen LogP contribution in [0.25, 0.3) is 0 Å². The van der Waals surface area contributed by atoms with Gasteiger partial charge in [0, 0.05) is 13.8 Å². The molecule has 0 saturated carbocycles. The van der Waals surface area contributed by atoms with Crippen LogP contribution in [-0.2, 0) is 0 Å². The molecule has 40 valence electrons. The fourth-order valence-electron chi connectivity index (χ4n) is 0.156. The Morgan fingerprint density at radius 1 is 1.71 bits per heavy atom. The van der Waals surface area contributed by atoms with Gasteiger partial charge in [0.25, 0.3) is 0 Å². The largest absolute Gasteiger partial charge is 0.375 e. The number of hydrogen-bond donors (Lipinski definition) is 1. The summed E-state index contributed by atoms with van der Waals surface area (Å²) in [6.07, 6.45) is 0. The van der Waals surface area contributed by atoms with Gasteiger partial charge in [-0.1, -0.05) is 0 Å². The first-order valence-electron chi connectivity index (χ1n) is 1.99. The molecule has 0 saturated heterocycles. The molecule has 0 unspecified atom stereocenters. The summed E-state index contributed by atoms with van der Waals surface area (Å²) in [5.74, 6) is 0.773. The van der Waals surface area contributed by atoms with E-state index in [9.17, 15) is 0 Å². The molecule has 0 aromatic heterocycles. The number of nitrogens with zero attached hydrogens (tertiary/aromatic N) is 2. The molecule has 0 spiro atoms. The van der Waals surface area contributed by atoms with Gasteiger partial charge in [0.15, 0.2) is 0 Å². The molecule has 0 amide bonds. The average molecular weight is 99.1 g/mol. The minimum Gasteiger partial charge on any atom is -0.375 e. The summed E-state index contributed by atoms with van der Waals surface area (Å²) in [5.41, 5.74) is 0. The number of nitrogens with one attached hydrogen (secondary N) is 1. The highest BCUT2D eigenvalue weighted by Gasteiger charge is 1.74. The van der Waals surface area contributed by atoms with Gasteiger partial charge in [0.2, 0.25) is 0 Å². The van der Waals surface area contributed by atoms with Crippen molar-refractivity contribution < 1.29 is 0 Å². The van der Waals surface area contributed by atoms with Gasteiger partial charge >= 0.3 is 0 Å². The van der Waals surface area contributed by atoms with Crippen LogP contribution in [0.5, 0.6) is 0 Å². The molecule has 0 aliphatic rings. The van der Waals surface area contributed by atoms with Gasteiger partial charge in [0.1, 0.15) is 5.84 Å². The first-order chi connectivity index (χ1) is 3.31. The molecule has 0 rings (SSSR count). The molecule has 0 aliphatic carbocycles. The number of rotatable bonds is 1. The Balaban J connectivity index is 3.49. The lowest BCUT2D eigenvalue weighted by Gasteiger charge is -1.89. The van der Waals surface area contributed by atoms with Gasteiger partial charge in [-0.15, -0.1) is 5.10 Å². The zero-order valence-electron chi connectivity index (χ0n) is 4.60. The molecule has 0 aromatic rings. The van der Waals surface area contributed by atoms with Crippen molar-refractivity contribution in [3.8, 4) is 0 Å². The van der Waals surface area contributed by atoms with Crippen LogP contribution in [-0.4, -0.2) is 19.6 Å². The van der Waals surface area contributed by atoms with Gasteiger partial charge in [-0.2, -0.15) is 5.10 Å². The third-order valence-corrected chi connectivity index (χ3v) is 0.583. The summed E-state index contributed by atoms with van der Waals surface area (Å²) in [4.78, 5) is 0. The lowest BCUT2D eigenvalue weighted by atomic mass is 10.7. The summed E-state index contributed by atoms with van der Waals surface area (Å²) in [7, 11) is 1.78. The van der Waals surface area contributed by atoms with E-state index in [0.29, 0.717) is 0 Å². The van der Waals surface area contributed by atoms with Crippen molar-refractivity contribution in [2.24, 2.45) is 10.2 Å². The Bertz CT molecular complexity index is 84.9. The van der Waals surface area contributed by atoms with E-state index >= 15 is 0 Å². The van der Waals surface area contributed by atoms with Gasteiger partial charge in [-0.3, -0.25) is 0 Å². The van der Waals surface area contributed by atoms with E-state index in [0.717, 1.165) is 5.84 Å². The van der Waals surface area contributed by atoms with Crippen LogP contribution in [0.15, 0.2) is 10.2 Å². The van der Waals surface area contributed by atoms with Gasteiger partial charge in [0.05, 0.1) is 0 Å². The van der Waals surface area contributed by atoms with Crippen molar-refractivity contribution in [1.29, 1.82) is 0 Å². The summed E-state index contributed by atoms with van der Waals surface area (Å²) in [6.45, 7) is 4.99. The second-order valence-corrected chi connectivity index (χ2v) is 1.08. The maximum Gasteiger partial charge on any atom is 0.121 e. The minimum absolute atomic E-state index is 0.773. The van der Waals surface area contributed by atoms with Crippen LogP contribution >= 0.6 is 0 Å². The van der Waals surface area contributed by atoms with Crippen LogP contribution in [0.1, 0.15) is 6.92 Å². The van der Waals surface area contributed by atoms with Gasteiger partial charge in [-0.25, -0.2) is 0 Å². The average Bonchev–Trinajstić information content (AvgIpc) is 1.68. The quantitative estimate of drug-likeness (QED) is 0.285. The van der Waals surface area contributed by atoms with Gasteiger partial charge in [-0.05, 0) is 6.92 Å². The topological polar surface area (TPSA) is 36.8 Å². The molecule has 1 N–H and O–H groups in total. The first kappa shape index (κ1) is 6.14. The highest BCUT2D eigenvalue weighted by molar-refractivity contribution is 5.79. The van der Waals surface area contributed by atoms with E-state index in [1.165, 1.54) is 0 Å². The predicted molar refractivity (Wildman–Crippen MR) is 31.7 cm³/mol. The summed E-state index contributed by atoms with van der Waals surface area (Å²) >= 11 is 0. The van der Waals surface area contributed by atoms with E-state index in [-0.39, 0.29) is 0 Å². The SMILES string of the molecule is C=NN=C(C)NC. The first-order valence-corrected chi connectivity index (χ1v) is 1.99. The van der Waals surface area contributed by atoms with E-state index < -0.39 is 0 Å². The highest BCUT2D eigenvalue weighted by Crippen LogP contribution is 1.67. The number of hydrogen-bond acceptors (Lipinski definition) is 2. The van der Waals surface area contributed by atoms with Crippen LogP contribution in [0.4, 0.5) is 0 Å². The zero-order valence-corrected chi connectivity index (χ0v) is 4.60. The normalized spacial score (nSPS) is 10.9. The molecule has 0 aromatic carbocycles. The van der Waals surface area contributed by atoms with Crippen LogP contribution in [0, 0.1) is 0 Å². The van der Waals surface area contributed by atoms with E-state index in [1.54, 1.807) is 7.05 Å². The van der Waals surface area contributed by atoms with Gasteiger partial charge < -0.3 is 5.32 Å². The summed E-state index contributed by atoms with van der Waals surface area (Å²) in [5, 5.41) is 9.63. The summed E-state index contributed by atoms with van der Waals surface area (Å²) < 4.78 is 0. The maximum atomic E-state index is 3.56. The Morgan fingerprint density at radius 2 is 2.29 bits per heavy atom. The molecule has 0 radical (unpaired) electrons. The fourth-order valence-corrected chi connectivity index (χ4v) is 0.156. The number of amidine groups is 1. The molecule has 3 nitrogen and oxygen atoms in total. The minimum atomic E-state index is 0.773. The Labute approximate surface area is 43.1 Å². The third-order valence-electron chi connectivity index (χ3n) is 0.583. The van der Waals surface area contributed by atoms with Crippen LogP contribution in [0.2, 0.25) is 0 Å². The summed E-state index contributed by atoms with van der Waals surface area (Å²) in [6, 6.07) is 0. The Hall–Kier alpha value is -0.860. The van der Waals surface area contributed by atoms with Crippen LogP contribution < -0.4 is 5.32 Å². The monoisotopic (exact) mass is 99.1 g/mol. The van der Waals surface area contributed by atoms with Crippen molar-refractivity contribution in [2.75, 3.05) is 7.05 Å². The maximum absolute atomic E-state index is 3.56. The van der Waals surface area contributed by atoms with E-state index in [2.05, 4.69) is 22.2 Å². The smallest absolute Gasteiger partial charge is 0.121 e. The molecule has 0 fully saturated rings. The second kappa shape index (κ2) is 3.33. The van der Waals surface area contributed by atoms with E-state index in [4.69, 9.17) is 0 Å². The molecule has 0 aliphatic heterocycles. The van der Waals surface area contributed by atoms with Crippen molar-refractivity contribution in [2.45, 2.75) is 6.92 Å². The van der Waals surface area contributed by atoms with Crippen molar-refractivity contribution in [3.05, 3.63) is 0 Å². The lowest BCUT2D eigenvalue weighted by molar-refractivity contribution is 1.10. The molecule has 7 heavy (non-hydrogen) atoms. The standard InChI is InChI=1S/C4H9N3/c1-4(5-2)7-6-3/h3H2,1-2H3,(H,5,7). The molecule has 0 heterocycles. The molecular weight excluding hydrogens is 90.1 g/mol. The highest BCUT2D eigenvalue weighted by atomic mass is 15.2. The molecule has 3 heteroatoms. The zero-order chi connectivity index (χ0) is 5.70. The van der Waals surface area contributed by atoms with Crippen molar-refractivity contribution in [1.82, 2.24) is 5.32 Å². The predicted octanol–water partition coefficient (Wildman–Crippen LogP) is 0.240.